The van der Waals surface area contributed by atoms with E-state index in [0.29, 0.717) is 17.5 Å². The molecule has 0 spiro atoms. The number of rotatable bonds is 7. The van der Waals surface area contributed by atoms with E-state index in [9.17, 15) is 0 Å². The lowest BCUT2D eigenvalue weighted by Gasteiger charge is -2.37. The minimum atomic E-state index is 0.104. The van der Waals surface area contributed by atoms with Crippen molar-refractivity contribution in [2.45, 2.75) is 37.0 Å². The molecule has 1 fully saturated rings. The van der Waals surface area contributed by atoms with Crippen LogP contribution in [-0.4, -0.2) is 53.4 Å². The first-order valence-corrected chi connectivity index (χ1v) is 13.4. The summed E-state index contributed by atoms with van der Waals surface area (Å²) in [7, 11) is 1.72. The van der Waals surface area contributed by atoms with Crippen LogP contribution >= 0.6 is 11.8 Å². The molecule has 9 heteroatoms. The van der Waals surface area contributed by atoms with Crippen molar-refractivity contribution in [2.24, 2.45) is 0 Å². The largest absolute Gasteiger partial charge is 0.495 e. The molecule has 192 valence electrons. The Hall–Kier alpha value is -3.59. The van der Waals surface area contributed by atoms with Gasteiger partial charge in [0.05, 0.1) is 18.6 Å². The average molecular weight is 517 g/mol. The standard InChI is InChI=1S/C28H32N6O2S/c1-28(2,3)21-11-9-20(10-12-21)25-31-24(36-32-25)19-37-27-26(29-13-14-30-27)34-17-15-33(16-18-34)22-7-5-6-8-23(22)35-4/h5-14H,15-19H2,1-4H3. The fourth-order valence-corrected chi connectivity index (χ4v) is 5.19. The van der Waals surface area contributed by atoms with E-state index in [4.69, 9.17) is 9.26 Å². The molecule has 2 aromatic carbocycles. The Kier molecular flexibility index (Phi) is 7.32. The summed E-state index contributed by atoms with van der Waals surface area (Å²) in [5, 5.41) is 5.06. The van der Waals surface area contributed by atoms with Crippen LogP contribution in [0.2, 0.25) is 0 Å². The molecule has 0 N–H and O–H groups in total. The molecular formula is C28H32N6O2S. The molecule has 37 heavy (non-hydrogen) atoms. The highest BCUT2D eigenvalue weighted by Gasteiger charge is 2.23. The minimum Gasteiger partial charge on any atom is -0.495 e. The number of nitrogens with zero attached hydrogens (tertiary/aromatic N) is 6. The molecule has 3 heterocycles. The van der Waals surface area contributed by atoms with Crippen LogP contribution < -0.4 is 14.5 Å². The number of aromatic nitrogens is 4. The SMILES string of the molecule is COc1ccccc1N1CCN(c2nccnc2SCc2nc(-c3ccc(C(C)(C)C)cc3)no2)CC1. The van der Waals surface area contributed by atoms with E-state index in [-0.39, 0.29) is 5.41 Å². The summed E-state index contributed by atoms with van der Waals surface area (Å²) in [6, 6.07) is 16.5. The number of anilines is 2. The molecule has 0 unspecified atom stereocenters. The van der Waals surface area contributed by atoms with Crippen molar-refractivity contribution in [1.29, 1.82) is 0 Å². The first kappa shape index (κ1) is 25.1. The zero-order chi connectivity index (χ0) is 25.8. The van der Waals surface area contributed by atoms with Crippen molar-refractivity contribution in [3.8, 4) is 17.1 Å². The zero-order valence-electron chi connectivity index (χ0n) is 21.7. The number of ether oxygens (including phenoxy) is 1. The number of hydrogen-bond donors (Lipinski definition) is 0. The van der Waals surface area contributed by atoms with Crippen molar-refractivity contribution >= 4 is 23.3 Å². The van der Waals surface area contributed by atoms with Gasteiger partial charge in [-0.1, -0.05) is 74.1 Å². The molecular weight excluding hydrogens is 484 g/mol. The van der Waals surface area contributed by atoms with Crippen molar-refractivity contribution in [2.75, 3.05) is 43.1 Å². The van der Waals surface area contributed by atoms with Gasteiger partial charge in [0.2, 0.25) is 11.7 Å². The minimum absolute atomic E-state index is 0.104. The molecule has 1 saturated heterocycles. The van der Waals surface area contributed by atoms with Crippen LogP contribution in [0.15, 0.2) is 70.5 Å². The normalized spacial score (nSPS) is 14.2. The monoisotopic (exact) mass is 516 g/mol. The Morgan fingerprint density at radius 2 is 1.62 bits per heavy atom. The zero-order valence-corrected chi connectivity index (χ0v) is 22.5. The quantitative estimate of drug-likeness (QED) is 0.298. The van der Waals surface area contributed by atoms with Crippen LogP contribution in [0.1, 0.15) is 32.2 Å². The average Bonchev–Trinajstić information content (AvgIpc) is 3.41. The number of piperazine rings is 1. The van der Waals surface area contributed by atoms with E-state index in [0.717, 1.165) is 54.0 Å². The van der Waals surface area contributed by atoms with Gasteiger partial charge >= 0.3 is 0 Å². The van der Waals surface area contributed by atoms with E-state index in [1.165, 1.54) is 5.56 Å². The third-order valence-corrected chi connectivity index (χ3v) is 7.41. The smallest absolute Gasteiger partial charge is 0.237 e. The number of hydrogen-bond acceptors (Lipinski definition) is 9. The van der Waals surface area contributed by atoms with Crippen LogP contribution in [-0.2, 0) is 11.2 Å². The summed E-state index contributed by atoms with van der Waals surface area (Å²) in [5.41, 5.74) is 3.45. The molecule has 0 bridgehead atoms. The Morgan fingerprint density at radius 3 is 2.35 bits per heavy atom. The van der Waals surface area contributed by atoms with E-state index in [1.807, 2.05) is 30.3 Å². The van der Waals surface area contributed by atoms with E-state index < -0.39 is 0 Å². The summed E-state index contributed by atoms with van der Waals surface area (Å²) in [6.07, 6.45) is 3.48. The Labute approximate surface area is 222 Å². The van der Waals surface area contributed by atoms with Crippen molar-refractivity contribution in [1.82, 2.24) is 20.1 Å². The van der Waals surface area contributed by atoms with Crippen molar-refractivity contribution in [3.63, 3.8) is 0 Å². The van der Waals surface area contributed by atoms with Crippen LogP contribution in [0.3, 0.4) is 0 Å². The number of benzene rings is 2. The topological polar surface area (TPSA) is 80.4 Å². The lowest BCUT2D eigenvalue weighted by Crippen LogP contribution is -2.47. The molecule has 5 rings (SSSR count). The Morgan fingerprint density at radius 1 is 0.919 bits per heavy atom. The highest BCUT2D eigenvalue weighted by Crippen LogP contribution is 2.32. The molecule has 0 atom stereocenters. The fraction of sp³-hybridized carbons (Fsp3) is 0.357. The molecule has 1 aliphatic rings. The summed E-state index contributed by atoms with van der Waals surface area (Å²) in [4.78, 5) is 18.5. The molecule has 0 saturated carbocycles. The van der Waals surface area contributed by atoms with Gasteiger partial charge in [0.25, 0.3) is 0 Å². The van der Waals surface area contributed by atoms with Gasteiger partial charge in [-0.3, -0.25) is 0 Å². The van der Waals surface area contributed by atoms with Gasteiger partial charge in [-0.15, -0.1) is 0 Å². The second-order valence-corrected chi connectivity index (χ2v) is 10.9. The van der Waals surface area contributed by atoms with Crippen molar-refractivity contribution in [3.05, 3.63) is 72.4 Å². The lowest BCUT2D eigenvalue weighted by atomic mass is 9.87. The van der Waals surface area contributed by atoms with Crippen LogP contribution in [0.4, 0.5) is 11.5 Å². The van der Waals surface area contributed by atoms with Crippen LogP contribution in [0.5, 0.6) is 5.75 Å². The second kappa shape index (κ2) is 10.8. The molecule has 2 aromatic heterocycles. The summed E-state index contributed by atoms with van der Waals surface area (Å²) < 4.78 is 11.1. The lowest BCUT2D eigenvalue weighted by molar-refractivity contribution is 0.391. The summed E-state index contributed by atoms with van der Waals surface area (Å²) in [5.74, 6) is 3.49. The third-order valence-electron chi connectivity index (χ3n) is 6.46. The molecule has 1 aliphatic heterocycles. The highest BCUT2D eigenvalue weighted by atomic mass is 32.2. The Balaban J connectivity index is 1.22. The molecule has 4 aromatic rings. The summed E-state index contributed by atoms with van der Waals surface area (Å²) >= 11 is 1.57. The molecule has 0 radical (unpaired) electrons. The van der Waals surface area contributed by atoms with E-state index in [2.05, 4.69) is 68.9 Å². The maximum atomic E-state index is 5.55. The van der Waals surface area contributed by atoms with E-state index >= 15 is 0 Å². The molecule has 0 aliphatic carbocycles. The van der Waals surface area contributed by atoms with Crippen LogP contribution in [0.25, 0.3) is 11.4 Å². The van der Waals surface area contributed by atoms with Gasteiger partial charge in [-0.25, -0.2) is 9.97 Å². The summed E-state index contributed by atoms with van der Waals surface area (Å²) in [6.45, 7) is 10.1. The van der Waals surface area contributed by atoms with Gasteiger partial charge in [0, 0.05) is 44.1 Å². The van der Waals surface area contributed by atoms with Gasteiger partial charge < -0.3 is 19.1 Å². The van der Waals surface area contributed by atoms with Gasteiger partial charge in [0.15, 0.2) is 5.82 Å². The first-order valence-electron chi connectivity index (χ1n) is 12.4. The second-order valence-electron chi connectivity index (χ2n) is 9.96. The number of thioether (sulfide) groups is 1. The molecule has 0 amide bonds. The fourth-order valence-electron chi connectivity index (χ4n) is 4.37. The first-order chi connectivity index (χ1) is 17.9. The Bertz CT molecular complexity index is 1330. The third kappa shape index (κ3) is 5.72. The van der Waals surface area contributed by atoms with Crippen LogP contribution in [0, 0.1) is 0 Å². The molecule has 8 nitrogen and oxygen atoms in total. The van der Waals surface area contributed by atoms with Gasteiger partial charge in [-0.2, -0.15) is 4.98 Å². The highest BCUT2D eigenvalue weighted by molar-refractivity contribution is 7.98. The van der Waals surface area contributed by atoms with E-state index in [1.54, 1.807) is 31.3 Å². The van der Waals surface area contributed by atoms with Gasteiger partial charge in [0.1, 0.15) is 10.8 Å². The predicted molar refractivity (Wildman–Crippen MR) is 147 cm³/mol. The number of para-hydroxylation sites is 2. The predicted octanol–water partition coefficient (Wildman–Crippen LogP) is 5.45. The number of methoxy groups -OCH3 is 1. The maximum absolute atomic E-state index is 5.55. The van der Waals surface area contributed by atoms with Gasteiger partial charge in [-0.05, 0) is 23.1 Å². The maximum Gasteiger partial charge on any atom is 0.237 e. The van der Waals surface area contributed by atoms with Crippen molar-refractivity contribution < 1.29 is 9.26 Å².